The number of amides is 2. The molecule has 0 N–H and O–H groups in total. The number of rotatable bonds is 9. The Bertz CT molecular complexity index is 1700. The highest BCUT2D eigenvalue weighted by molar-refractivity contribution is 8.18. The fourth-order valence-electron chi connectivity index (χ4n) is 4.76. The van der Waals surface area contributed by atoms with Crippen LogP contribution in [0.4, 0.5) is 4.79 Å². The molecule has 0 aliphatic carbocycles. The van der Waals surface area contributed by atoms with E-state index in [0.29, 0.717) is 16.9 Å². The Morgan fingerprint density at radius 2 is 1.71 bits per heavy atom. The molecule has 7 nitrogen and oxygen atoms in total. The third-order valence-corrected chi connectivity index (χ3v) is 7.84. The van der Waals surface area contributed by atoms with Crippen molar-refractivity contribution in [1.82, 2.24) is 4.90 Å². The van der Waals surface area contributed by atoms with Gasteiger partial charge in [0, 0.05) is 0 Å². The van der Waals surface area contributed by atoms with E-state index in [-0.39, 0.29) is 35.0 Å². The fraction of sp³-hybridized carbons (Fsp3) is 0.206. The van der Waals surface area contributed by atoms with E-state index in [0.717, 1.165) is 39.4 Å². The van der Waals surface area contributed by atoms with Crippen LogP contribution in [0.2, 0.25) is 0 Å². The van der Waals surface area contributed by atoms with Crippen LogP contribution < -0.4 is 14.2 Å². The third-order valence-electron chi connectivity index (χ3n) is 6.93. The van der Waals surface area contributed by atoms with Crippen LogP contribution in [0.1, 0.15) is 46.8 Å². The largest absolute Gasteiger partial charge is 0.493 e. The summed E-state index contributed by atoms with van der Waals surface area (Å²) in [4.78, 5) is 40.5. The first-order chi connectivity index (χ1) is 20.2. The average Bonchev–Trinajstić information content (AvgIpc) is 3.24. The predicted molar refractivity (Wildman–Crippen MR) is 165 cm³/mol. The van der Waals surface area contributed by atoms with Gasteiger partial charge in [0.05, 0.1) is 24.1 Å². The average molecular weight is 582 g/mol. The van der Waals surface area contributed by atoms with E-state index in [4.69, 9.17) is 14.2 Å². The van der Waals surface area contributed by atoms with Gasteiger partial charge in [0.25, 0.3) is 11.1 Å². The van der Waals surface area contributed by atoms with Crippen molar-refractivity contribution in [2.45, 2.75) is 26.7 Å². The second-order valence-corrected chi connectivity index (χ2v) is 11.2. The summed E-state index contributed by atoms with van der Waals surface area (Å²) in [5.41, 5.74) is 3.16. The summed E-state index contributed by atoms with van der Waals surface area (Å²) in [5.74, 6) is 0.681. The standard InChI is InChI=1S/C34H31NO6S/c1-21(2)25-14-12-22(3)18-29(25)40-17-16-35-32(36)31(42-34(35)38)20-23-13-15-28(39-4)30(19-23)41-33(37)27-11-7-9-24-8-5-6-10-26(24)27/h5-15,18-21H,16-17H2,1-4H3/b31-20-. The fourth-order valence-corrected chi connectivity index (χ4v) is 5.62. The summed E-state index contributed by atoms with van der Waals surface area (Å²) in [5, 5.41) is 1.34. The lowest BCUT2D eigenvalue weighted by Crippen LogP contribution is -2.32. The molecule has 1 aliphatic rings. The zero-order chi connectivity index (χ0) is 29.8. The van der Waals surface area contributed by atoms with Crippen molar-refractivity contribution < 1.29 is 28.6 Å². The lowest BCUT2D eigenvalue weighted by Gasteiger charge is -2.17. The minimum atomic E-state index is -0.531. The number of benzene rings is 4. The maximum absolute atomic E-state index is 13.2. The number of aryl methyl sites for hydroxylation is 1. The summed E-state index contributed by atoms with van der Waals surface area (Å²) in [6.07, 6.45) is 1.61. The van der Waals surface area contributed by atoms with Crippen LogP contribution in [0.15, 0.2) is 83.8 Å². The number of hydrogen-bond donors (Lipinski definition) is 0. The lowest BCUT2D eigenvalue weighted by molar-refractivity contribution is -0.123. The number of carbonyl (C=O) groups excluding carboxylic acids is 3. The van der Waals surface area contributed by atoms with Crippen LogP contribution >= 0.6 is 11.8 Å². The summed E-state index contributed by atoms with van der Waals surface area (Å²) < 4.78 is 17.2. The summed E-state index contributed by atoms with van der Waals surface area (Å²) in [6.45, 7) is 6.49. The van der Waals surface area contributed by atoms with Crippen LogP contribution in [-0.2, 0) is 4.79 Å². The predicted octanol–water partition coefficient (Wildman–Crippen LogP) is 7.61. The second kappa shape index (κ2) is 12.5. The summed E-state index contributed by atoms with van der Waals surface area (Å²) in [6, 6.07) is 24.1. The van der Waals surface area contributed by atoms with Crippen molar-refractivity contribution in [3.8, 4) is 17.2 Å². The zero-order valence-electron chi connectivity index (χ0n) is 23.9. The summed E-state index contributed by atoms with van der Waals surface area (Å²) in [7, 11) is 1.48. The van der Waals surface area contributed by atoms with E-state index < -0.39 is 11.9 Å². The molecule has 0 aromatic heterocycles. The Hall–Kier alpha value is -4.56. The quantitative estimate of drug-likeness (QED) is 0.114. The first-order valence-corrected chi connectivity index (χ1v) is 14.4. The number of nitrogens with zero attached hydrogens (tertiary/aromatic N) is 1. The lowest BCUT2D eigenvalue weighted by atomic mass is 10.0. The Morgan fingerprint density at radius 3 is 2.50 bits per heavy atom. The number of hydrogen-bond acceptors (Lipinski definition) is 7. The molecule has 1 saturated heterocycles. The smallest absolute Gasteiger partial charge is 0.344 e. The number of methoxy groups -OCH3 is 1. The van der Waals surface area contributed by atoms with E-state index in [1.54, 1.807) is 36.4 Å². The molecule has 0 unspecified atom stereocenters. The van der Waals surface area contributed by atoms with Crippen LogP contribution in [0.5, 0.6) is 17.2 Å². The van der Waals surface area contributed by atoms with Crippen molar-refractivity contribution in [3.05, 3.63) is 106 Å². The molecule has 1 fully saturated rings. The Labute approximate surface area is 249 Å². The minimum Gasteiger partial charge on any atom is -0.493 e. The van der Waals surface area contributed by atoms with Crippen molar-refractivity contribution in [1.29, 1.82) is 0 Å². The van der Waals surface area contributed by atoms with Gasteiger partial charge in [-0.05, 0) is 82.4 Å². The third kappa shape index (κ3) is 6.19. The van der Waals surface area contributed by atoms with E-state index in [2.05, 4.69) is 13.8 Å². The number of carbonyl (C=O) groups is 3. The molecule has 0 saturated carbocycles. The normalized spacial score (nSPS) is 14.2. The highest BCUT2D eigenvalue weighted by Gasteiger charge is 2.35. The molecule has 1 heterocycles. The Morgan fingerprint density at radius 1 is 0.929 bits per heavy atom. The van der Waals surface area contributed by atoms with Gasteiger partial charge in [-0.3, -0.25) is 14.5 Å². The number of fused-ring (bicyclic) bond motifs is 1. The maximum atomic E-state index is 13.2. The maximum Gasteiger partial charge on any atom is 0.344 e. The molecule has 8 heteroatoms. The number of thioether (sulfide) groups is 1. The van der Waals surface area contributed by atoms with Crippen LogP contribution in [0, 0.1) is 6.92 Å². The van der Waals surface area contributed by atoms with Gasteiger partial charge in [0.1, 0.15) is 12.4 Å². The Kier molecular flexibility index (Phi) is 8.64. The molecule has 4 aromatic rings. The van der Waals surface area contributed by atoms with Gasteiger partial charge in [0.2, 0.25) is 0 Å². The van der Waals surface area contributed by atoms with Crippen LogP contribution in [0.3, 0.4) is 0 Å². The molecule has 214 valence electrons. The molecule has 1 aliphatic heterocycles. The van der Waals surface area contributed by atoms with E-state index in [1.807, 2.05) is 55.5 Å². The van der Waals surface area contributed by atoms with Crippen LogP contribution in [0.25, 0.3) is 16.8 Å². The molecular weight excluding hydrogens is 550 g/mol. The second-order valence-electron chi connectivity index (χ2n) is 10.2. The monoisotopic (exact) mass is 581 g/mol. The molecule has 4 aromatic carbocycles. The van der Waals surface area contributed by atoms with E-state index in [9.17, 15) is 14.4 Å². The van der Waals surface area contributed by atoms with Gasteiger partial charge in [-0.15, -0.1) is 0 Å². The van der Waals surface area contributed by atoms with Gasteiger partial charge < -0.3 is 14.2 Å². The first kappa shape index (κ1) is 29.0. The highest BCUT2D eigenvalue weighted by atomic mass is 32.2. The topological polar surface area (TPSA) is 82.1 Å². The number of ether oxygens (including phenoxy) is 3. The molecule has 0 radical (unpaired) electrons. The van der Waals surface area contributed by atoms with Crippen molar-refractivity contribution >= 4 is 45.7 Å². The zero-order valence-corrected chi connectivity index (χ0v) is 24.7. The SMILES string of the molecule is COc1ccc(/C=C2\SC(=O)N(CCOc3cc(C)ccc3C(C)C)C2=O)cc1OC(=O)c1cccc2ccccc12. The van der Waals surface area contributed by atoms with Gasteiger partial charge in [-0.25, -0.2) is 4.79 Å². The number of esters is 1. The molecule has 0 atom stereocenters. The van der Waals surface area contributed by atoms with Crippen LogP contribution in [-0.4, -0.2) is 42.3 Å². The van der Waals surface area contributed by atoms with E-state index >= 15 is 0 Å². The van der Waals surface area contributed by atoms with Crippen molar-refractivity contribution in [2.24, 2.45) is 0 Å². The number of imide groups is 1. The van der Waals surface area contributed by atoms with Gasteiger partial charge >= 0.3 is 5.97 Å². The molecule has 42 heavy (non-hydrogen) atoms. The highest BCUT2D eigenvalue weighted by Crippen LogP contribution is 2.35. The van der Waals surface area contributed by atoms with Gasteiger partial charge in [-0.1, -0.05) is 68.4 Å². The molecule has 2 amide bonds. The molecule has 0 spiro atoms. The molecular formula is C34H31NO6S. The molecule has 0 bridgehead atoms. The minimum absolute atomic E-state index is 0.129. The molecule has 5 rings (SSSR count). The van der Waals surface area contributed by atoms with Crippen molar-refractivity contribution in [2.75, 3.05) is 20.3 Å². The van der Waals surface area contributed by atoms with Crippen molar-refractivity contribution in [3.63, 3.8) is 0 Å². The van der Waals surface area contributed by atoms with E-state index in [1.165, 1.54) is 12.0 Å². The summed E-state index contributed by atoms with van der Waals surface area (Å²) >= 11 is 0.865. The van der Waals surface area contributed by atoms with Gasteiger partial charge in [0.15, 0.2) is 11.5 Å². The van der Waals surface area contributed by atoms with Gasteiger partial charge in [-0.2, -0.15) is 0 Å². The Balaban J connectivity index is 1.31. The first-order valence-electron chi connectivity index (χ1n) is 13.6.